The lowest BCUT2D eigenvalue weighted by atomic mass is 9.92. The maximum Gasteiger partial charge on any atom is 0.138 e. The van der Waals surface area contributed by atoms with E-state index in [0.29, 0.717) is 5.57 Å². The van der Waals surface area contributed by atoms with Crippen LogP contribution in [0.25, 0.3) is 0 Å². The number of rotatable bonds is 0. The molecule has 0 amide bonds. The van der Waals surface area contributed by atoms with Gasteiger partial charge in [0.05, 0.1) is 0 Å². The average Bonchev–Trinajstić information content (AvgIpc) is 2.40. The Morgan fingerprint density at radius 1 is 1.31 bits per heavy atom. The predicted octanol–water partition coefficient (Wildman–Crippen LogP) is 1.33. The third kappa shape index (κ3) is 1.35. The fraction of sp³-hybridized carbons (Fsp3) is 0.0833. The number of fused-ring (bicyclic) bond motifs is 1. The van der Waals surface area contributed by atoms with E-state index >= 15 is 0 Å². The highest BCUT2D eigenvalue weighted by Gasteiger charge is 2.21. The number of nitrogens with zero attached hydrogens (tertiary/aromatic N) is 4. The standard InChI is InChI=1S/C12H4N4/c13-4-9(5-14)11-3-8-1-2-12(8)16-7-10(11)6-15/h1-3,12H. The molecule has 0 N–H and O–H groups in total. The number of aliphatic imine (C=N–C) groups is 1. The van der Waals surface area contributed by atoms with Gasteiger partial charge >= 0.3 is 0 Å². The number of allylic oxidation sites excluding steroid dienone is 4. The van der Waals surface area contributed by atoms with Crippen molar-refractivity contribution in [2.24, 2.45) is 4.99 Å². The van der Waals surface area contributed by atoms with Crippen LogP contribution in [0.5, 0.6) is 0 Å². The number of hydrogen-bond acceptors (Lipinski definition) is 4. The topological polar surface area (TPSA) is 83.7 Å². The van der Waals surface area contributed by atoms with E-state index in [1.54, 1.807) is 18.2 Å². The highest BCUT2D eigenvalue weighted by atomic mass is 14.8. The van der Waals surface area contributed by atoms with Gasteiger partial charge in [-0.2, -0.15) is 15.8 Å². The van der Waals surface area contributed by atoms with E-state index in [1.165, 1.54) is 0 Å². The Labute approximate surface area is 92.1 Å². The van der Waals surface area contributed by atoms with E-state index in [-0.39, 0.29) is 17.2 Å². The molecule has 72 valence electrons. The van der Waals surface area contributed by atoms with Crippen LogP contribution >= 0.6 is 0 Å². The summed E-state index contributed by atoms with van der Waals surface area (Å²) in [4.78, 5) is 4.03. The van der Waals surface area contributed by atoms with Crippen LogP contribution in [0.1, 0.15) is 0 Å². The quantitative estimate of drug-likeness (QED) is 0.558. The van der Waals surface area contributed by atoms with E-state index in [0.717, 1.165) is 5.57 Å². The van der Waals surface area contributed by atoms with Crippen LogP contribution in [-0.2, 0) is 0 Å². The molecule has 1 heterocycles. The summed E-state index contributed by atoms with van der Waals surface area (Å²) in [5.74, 6) is 2.58. The van der Waals surface area contributed by atoms with Crippen LogP contribution in [0.15, 0.2) is 45.5 Å². The molecule has 0 saturated carbocycles. The summed E-state index contributed by atoms with van der Waals surface area (Å²) in [6, 6.07) is 5.33. The average molecular weight is 204 g/mol. The van der Waals surface area contributed by atoms with Crippen molar-refractivity contribution in [3.05, 3.63) is 40.5 Å². The fourth-order valence-electron chi connectivity index (χ4n) is 1.41. The molecular weight excluding hydrogens is 200 g/mol. The first kappa shape index (κ1) is 9.69. The number of hydrogen-bond donors (Lipinski definition) is 0. The van der Waals surface area contributed by atoms with E-state index in [9.17, 15) is 0 Å². The molecular formula is C12H4N4. The Balaban J connectivity index is 2.70. The normalized spacial score (nSPS) is 20.1. The van der Waals surface area contributed by atoms with E-state index in [2.05, 4.69) is 10.9 Å². The van der Waals surface area contributed by atoms with Gasteiger partial charge in [0, 0.05) is 11.4 Å². The van der Waals surface area contributed by atoms with Crippen molar-refractivity contribution in [2.45, 2.75) is 6.04 Å². The van der Waals surface area contributed by atoms with Gasteiger partial charge in [-0.3, -0.25) is 0 Å². The van der Waals surface area contributed by atoms with Crippen LogP contribution in [0, 0.1) is 34.0 Å². The Morgan fingerprint density at radius 2 is 2.06 bits per heavy atom. The zero-order chi connectivity index (χ0) is 11.5. The molecule has 0 aromatic heterocycles. The minimum absolute atomic E-state index is 0.0901. The summed E-state index contributed by atoms with van der Waals surface area (Å²) < 4.78 is 0. The van der Waals surface area contributed by atoms with Crippen molar-refractivity contribution in [2.75, 3.05) is 0 Å². The molecule has 0 bridgehead atoms. The third-order valence-electron chi connectivity index (χ3n) is 2.31. The van der Waals surface area contributed by atoms with E-state index < -0.39 is 0 Å². The van der Waals surface area contributed by atoms with Crippen LogP contribution in [0.3, 0.4) is 0 Å². The molecule has 1 aliphatic carbocycles. The molecule has 0 aromatic carbocycles. The SMILES string of the molecule is N#CC1=C=NC2C=CC2=CC1=C(C#N)C#N. The van der Waals surface area contributed by atoms with E-state index in [1.807, 2.05) is 18.2 Å². The van der Waals surface area contributed by atoms with Gasteiger partial charge < -0.3 is 0 Å². The van der Waals surface area contributed by atoms with Crippen molar-refractivity contribution in [3.63, 3.8) is 0 Å². The summed E-state index contributed by atoms with van der Waals surface area (Å²) >= 11 is 0. The van der Waals surface area contributed by atoms with Crippen LogP contribution in [-0.4, -0.2) is 11.9 Å². The first-order valence-electron chi connectivity index (χ1n) is 4.47. The molecule has 4 nitrogen and oxygen atoms in total. The highest BCUT2D eigenvalue weighted by Crippen LogP contribution is 2.27. The van der Waals surface area contributed by atoms with Crippen molar-refractivity contribution in [3.8, 4) is 18.2 Å². The van der Waals surface area contributed by atoms with Gasteiger partial charge in [0.25, 0.3) is 0 Å². The second-order valence-corrected chi connectivity index (χ2v) is 3.19. The van der Waals surface area contributed by atoms with Crippen molar-refractivity contribution >= 4 is 5.87 Å². The summed E-state index contributed by atoms with van der Waals surface area (Å²) in [6.45, 7) is 0. The highest BCUT2D eigenvalue weighted by molar-refractivity contribution is 5.78. The Morgan fingerprint density at radius 3 is 2.56 bits per heavy atom. The summed E-state index contributed by atoms with van der Waals surface area (Å²) in [5.41, 5.74) is 1.23. The predicted molar refractivity (Wildman–Crippen MR) is 55.8 cm³/mol. The first-order valence-corrected chi connectivity index (χ1v) is 4.47. The van der Waals surface area contributed by atoms with Gasteiger partial charge in [0.1, 0.15) is 35.4 Å². The Kier molecular flexibility index (Phi) is 2.25. The van der Waals surface area contributed by atoms with Crippen molar-refractivity contribution in [1.29, 1.82) is 15.8 Å². The van der Waals surface area contributed by atoms with Crippen molar-refractivity contribution < 1.29 is 0 Å². The maximum atomic E-state index is 8.91. The van der Waals surface area contributed by atoms with E-state index in [4.69, 9.17) is 15.8 Å². The van der Waals surface area contributed by atoms with Crippen LogP contribution in [0.4, 0.5) is 0 Å². The molecule has 0 saturated heterocycles. The van der Waals surface area contributed by atoms with Crippen molar-refractivity contribution in [1.82, 2.24) is 0 Å². The van der Waals surface area contributed by atoms with Gasteiger partial charge in [0.15, 0.2) is 0 Å². The second-order valence-electron chi connectivity index (χ2n) is 3.19. The second kappa shape index (κ2) is 3.71. The molecule has 2 rings (SSSR count). The minimum Gasteiger partial charge on any atom is -0.229 e. The Hall–Kier alpha value is -2.86. The fourth-order valence-corrected chi connectivity index (χ4v) is 1.41. The van der Waals surface area contributed by atoms with Gasteiger partial charge in [0.2, 0.25) is 0 Å². The van der Waals surface area contributed by atoms with Gasteiger partial charge in [-0.05, 0) is 11.6 Å². The molecule has 16 heavy (non-hydrogen) atoms. The molecule has 0 radical (unpaired) electrons. The van der Waals surface area contributed by atoms with Crippen LogP contribution in [0.2, 0.25) is 0 Å². The molecule has 2 aliphatic rings. The lowest BCUT2D eigenvalue weighted by Crippen LogP contribution is -2.10. The molecule has 0 aromatic rings. The summed E-state index contributed by atoms with van der Waals surface area (Å²) in [7, 11) is 0. The zero-order valence-corrected chi connectivity index (χ0v) is 8.10. The molecule has 0 spiro atoms. The molecule has 1 atom stereocenters. The maximum absolute atomic E-state index is 8.91. The largest absolute Gasteiger partial charge is 0.229 e. The smallest absolute Gasteiger partial charge is 0.138 e. The first-order chi connectivity index (χ1) is 7.80. The number of nitriles is 3. The summed E-state index contributed by atoms with van der Waals surface area (Å²) in [6.07, 6.45) is 5.34. The lowest BCUT2D eigenvalue weighted by molar-refractivity contribution is 0.936. The zero-order valence-electron chi connectivity index (χ0n) is 8.10. The summed E-state index contributed by atoms with van der Waals surface area (Å²) in [5, 5.41) is 26.5. The molecule has 1 unspecified atom stereocenters. The molecule has 4 heteroatoms. The van der Waals surface area contributed by atoms with Crippen LogP contribution < -0.4 is 0 Å². The van der Waals surface area contributed by atoms with Gasteiger partial charge in [-0.25, -0.2) is 4.99 Å². The molecule has 0 fully saturated rings. The lowest BCUT2D eigenvalue weighted by Gasteiger charge is -2.15. The molecule has 1 aliphatic heterocycles. The van der Waals surface area contributed by atoms with Gasteiger partial charge in [-0.1, -0.05) is 12.2 Å². The monoisotopic (exact) mass is 204 g/mol. The minimum atomic E-state index is -0.0977. The Bertz CT molecular complexity index is 616. The third-order valence-corrected chi connectivity index (χ3v) is 2.31. The van der Waals surface area contributed by atoms with Gasteiger partial charge in [-0.15, -0.1) is 0 Å².